The predicted molar refractivity (Wildman–Crippen MR) is 82.6 cm³/mol. The summed E-state index contributed by atoms with van der Waals surface area (Å²) in [6.07, 6.45) is 1.17. The van der Waals surface area contributed by atoms with Crippen LogP contribution in [0.1, 0.15) is 48.0 Å². The fraction of sp³-hybridized carbons (Fsp3) is 1.00. The molecule has 1 aliphatic rings. The molecule has 1 heterocycles. The Morgan fingerprint density at radius 3 is 2.53 bits per heavy atom. The topological polar surface area (TPSA) is 24.5 Å². The van der Waals surface area contributed by atoms with Crippen LogP contribution in [0, 0.1) is 11.3 Å². The fourth-order valence-electron chi connectivity index (χ4n) is 2.42. The van der Waals surface area contributed by atoms with Crippen LogP contribution in [0.15, 0.2) is 0 Å². The van der Waals surface area contributed by atoms with Gasteiger partial charge >= 0.3 is 0 Å². The van der Waals surface area contributed by atoms with Gasteiger partial charge < -0.3 is 10.1 Å². The minimum absolute atomic E-state index is 0.330. The minimum atomic E-state index is 0.330. The number of ether oxygens (including phenoxy) is 1. The molecule has 0 amide bonds. The summed E-state index contributed by atoms with van der Waals surface area (Å²) >= 11 is 0. The van der Waals surface area contributed by atoms with Gasteiger partial charge in [0, 0.05) is 38.3 Å². The largest absolute Gasteiger partial charge is 0.380 e. The van der Waals surface area contributed by atoms with Crippen LogP contribution in [0.4, 0.5) is 0 Å². The highest BCUT2D eigenvalue weighted by molar-refractivity contribution is 4.90. The van der Waals surface area contributed by atoms with Gasteiger partial charge in [-0.05, 0) is 24.7 Å². The highest BCUT2D eigenvalue weighted by Crippen LogP contribution is 2.23. The van der Waals surface area contributed by atoms with Gasteiger partial charge in [0.1, 0.15) is 0 Å². The van der Waals surface area contributed by atoms with Gasteiger partial charge in [0.25, 0.3) is 0 Å². The molecule has 3 heteroatoms. The zero-order valence-electron chi connectivity index (χ0n) is 13.8. The molecule has 0 aliphatic carbocycles. The molecule has 1 saturated heterocycles. The third kappa shape index (κ3) is 6.24. The summed E-state index contributed by atoms with van der Waals surface area (Å²) in [4.78, 5) is 2.57. The van der Waals surface area contributed by atoms with E-state index >= 15 is 0 Å². The average molecular weight is 270 g/mol. The SMILES string of the molecule is CC(C)CCOCCN1CC(C(C)(C)C)NCC1C. The van der Waals surface area contributed by atoms with E-state index in [1.807, 2.05) is 0 Å². The molecule has 1 rings (SSSR count). The van der Waals surface area contributed by atoms with Crippen LogP contribution in [0.3, 0.4) is 0 Å². The molecule has 2 unspecified atom stereocenters. The average Bonchev–Trinajstić information content (AvgIpc) is 2.29. The summed E-state index contributed by atoms with van der Waals surface area (Å²) in [5.74, 6) is 0.739. The quantitative estimate of drug-likeness (QED) is 0.751. The smallest absolute Gasteiger partial charge is 0.0593 e. The van der Waals surface area contributed by atoms with E-state index in [1.54, 1.807) is 0 Å². The molecule has 3 nitrogen and oxygen atoms in total. The molecular formula is C16H34N2O. The first-order valence-corrected chi connectivity index (χ1v) is 7.86. The highest BCUT2D eigenvalue weighted by atomic mass is 16.5. The summed E-state index contributed by atoms with van der Waals surface area (Å²) in [5, 5.41) is 3.67. The number of nitrogens with one attached hydrogen (secondary N) is 1. The van der Waals surface area contributed by atoms with Gasteiger partial charge in [-0.15, -0.1) is 0 Å². The van der Waals surface area contributed by atoms with Crippen molar-refractivity contribution >= 4 is 0 Å². The maximum absolute atomic E-state index is 5.75. The highest BCUT2D eigenvalue weighted by Gasteiger charge is 2.31. The lowest BCUT2D eigenvalue weighted by molar-refractivity contribution is 0.0490. The van der Waals surface area contributed by atoms with Crippen molar-refractivity contribution in [1.82, 2.24) is 10.2 Å². The van der Waals surface area contributed by atoms with E-state index in [2.05, 4.69) is 51.8 Å². The second-order valence-electron chi connectivity index (χ2n) is 7.47. The molecule has 0 spiro atoms. The van der Waals surface area contributed by atoms with E-state index in [0.717, 1.165) is 38.8 Å². The van der Waals surface area contributed by atoms with E-state index in [0.29, 0.717) is 17.5 Å². The van der Waals surface area contributed by atoms with E-state index in [4.69, 9.17) is 4.74 Å². The molecule has 19 heavy (non-hydrogen) atoms. The Bertz CT molecular complexity index is 248. The van der Waals surface area contributed by atoms with E-state index in [9.17, 15) is 0 Å². The van der Waals surface area contributed by atoms with E-state index in [-0.39, 0.29) is 0 Å². The van der Waals surface area contributed by atoms with Crippen LogP contribution < -0.4 is 5.32 Å². The lowest BCUT2D eigenvalue weighted by Gasteiger charge is -2.44. The Labute approximate surface area is 120 Å². The Morgan fingerprint density at radius 1 is 1.26 bits per heavy atom. The second kappa shape index (κ2) is 7.61. The Morgan fingerprint density at radius 2 is 1.95 bits per heavy atom. The van der Waals surface area contributed by atoms with Crippen LogP contribution in [-0.4, -0.2) is 49.8 Å². The normalized spacial score (nSPS) is 26.1. The van der Waals surface area contributed by atoms with Crippen molar-refractivity contribution in [3.05, 3.63) is 0 Å². The maximum Gasteiger partial charge on any atom is 0.0593 e. The van der Waals surface area contributed by atoms with Crippen LogP contribution in [-0.2, 0) is 4.74 Å². The minimum Gasteiger partial charge on any atom is -0.380 e. The van der Waals surface area contributed by atoms with Crippen molar-refractivity contribution in [2.24, 2.45) is 11.3 Å². The monoisotopic (exact) mass is 270 g/mol. The number of nitrogens with zero attached hydrogens (tertiary/aromatic N) is 1. The molecule has 0 radical (unpaired) electrons. The van der Waals surface area contributed by atoms with Crippen LogP contribution in [0.2, 0.25) is 0 Å². The summed E-state index contributed by atoms with van der Waals surface area (Å²) in [6.45, 7) is 18.8. The molecule has 0 aromatic carbocycles. The van der Waals surface area contributed by atoms with Crippen LogP contribution in [0.5, 0.6) is 0 Å². The summed E-state index contributed by atoms with van der Waals surface area (Å²) < 4.78 is 5.75. The first-order chi connectivity index (χ1) is 8.80. The summed E-state index contributed by atoms with van der Waals surface area (Å²) in [7, 11) is 0. The Hall–Kier alpha value is -0.120. The van der Waals surface area contributed by atoms with Crippen LogP contribution >= 0.6 is 0 Å². The van der Waals surface area contributed by atoms with E-state index < -0.39 is 0 Å². The van der Waals surface area contributed by atoms with Crippen molar-refractivity contribution in [2.75, 3.05) is 32.8 Å². The molecule has 1 aliphatic heterocycles. The van der Waals surface area contributed by atoms with Crippen molar-refractivity contribution < 1.29 is 4.74 Å². The lowest BCUT2D eigenvalue weighted by atomic mass is 9.85. The van der Waals surface area contributed by atoms with Gasteiger partial charge in [0.15, 0.2) is 0 Å². The van der Waals surface area contributed by atoms with Gasteiger partial charge in [-0.1, -0.05) is 34.6 Å². The second-order valence-corrected chi connectivity index (χ2v) is 7.47. The number of rotatable bonds is 6. The first-order valence-electron chi connectivity index (χ1n) is 7.86. The fourth-order valence-corrected chi connectivity index (χ4v) is 2.42. The van der Waals surface area contributed by atoms with Crippen molar-refractivity contribution in [3.63, 3.8) is 0 Å². The van der Waals surface area contributed by atoms with Gasteiger partial charge in [-0.3, -0.25) is 4.90 Å². The first kappa shape index (κ1) is 16.9. The standard InChI is InChI=1S/C16H34N2O/c1-13(2)7-9-19-10-8-18-12-15(16(4,5)6)17-11-14(18)3/h13-15,17H,7-12H2,1-6H3. The molecule has 0 bridgehead atoms. The summed E-state index contributed by atoms with van der Waals surface area (Å²) in [6, 6.07) is 1.20. The Kier molecular flexibility index (Phi) is 6.78. The van der Waals surface area contributed by atoms with Gasteiger partial charge in [-0.25, -0.2) is 0 Å². The molecule has 0 saturated carbocycles. The summed E-state index contributed by atoms with van der Waals surface area (Å²) in [5.41, 5.74) is 0.330. The zero-order chi connectivity index (χ0) is 14.5. The number of piperazine rings is 1. The maximum atomic E-state index is 5.75. The molecule has 1 N–H and O–H groups in total. The van der Waals surface area contributed by atoms with Crippen LogP contribution in [0.25, 0.3) is 0 Å². The molecule has 1 fully saturated rings. The molecular weight excluding hydrogens is 236 g/mol. The third-order valence-corrected chi connectivity index (χ3v) is 4.11. The molecule has 0 aromatic heterocycles. The van der Waals surface area contributed by atoms with Gasteiger partial charge in [-0.2, -0.15) is 0 Å². The number of hydrogen-bond acceptors (Lipinski definition) is 3. The van der Waals surface area contributed by atoms with Crippen molar-refractivity contribution in [1.29, 1.82) is 0 Å². The molecule has 0 aromatic rings. The third-order valence-electron chi connectivity index (χ3n) is 4.11. The molecule has 2 atom stereocenters. The van der Waals surface area contributed by atoms with Gasteiger partial charge in [0.05, 0.1) is 6.61 Å². The Balaban J connectivity index is 2.27. The zero-order valence-corrected chi connectivity index (χ0v) is 13.8. The number of hydrogen-bond donors (Lipinski definition) is 1. The predicted octanol–water partition coefficient (Wildman–Crippen LogP) is 2.76. The van der Waals surface area contributed by atoms with Gasteiger partial charge in [0.2, 0.25) is 0 Å². The van der Waals surface area contributed by atoms with Crippen molar-refractivity contribution in [2.45, 2.75) is 60.0 Å². The van der Waals surface area contributed by atoms with Crippen molar-refractivity contribution in [3.8, 4) is 0 Å². The lowest BCUT2D eigenvalue weighted by Crippen LogP contribution is -2.59. The van der Waals surface area contributed by atoms with E-state index in [1.165, 1.54) is 6.42 Å². The molecule has 114 valence electrons.